The molecule has 3 aromatic rings. The van der Waals surface area contributed by atoms with E-state index in [0.717, 1.165) is 44.7 Å². The molecule has 1 N–H and O–H groups in total. The van der Waals surface area contributed by atoms with Crippen LogP contribution < -0.4 is 5.48 Å². The maximum absolute atomic E-state index is 11.9. The normalized spacial score (nSPS) is 15.1. The van der Waals surface area contributed by atoms with E-state index in [-0.39, 0.29) is 11.9 Å². The second kappa shape index (κ2) is 12.8. The molecule has 1 saturated heterocycles. The molecule has 6 heteroatoms. The molecule has 1 fully saturated rings. The first-order chi connectivity index (χ1) is 16.8. The summed E-state index contributed by atoms with van der Waals surface area (Å²) in [4.78, 5) is 26.3. The Morgan fingerprint density at radius 2 is 1.62 bits per heavy atom. The lowest BCUT2D eigenvalue weighted by molar-refractivity contribution is -0.128. The molecular weight excluding hydrogens is 424 g/mol. The molecule has 1 amide bonds. The smallest absolute Gasteiger partial charge is 0.267 e. The molecule has 0 saturated carbocycles. The Morgan fingerprint density at radius 1 is 0.941 bits per heavy atom. The fraction of sp³-hybridized carbons (Fsp3) is 0.286. The number of hydroxylamine groups is 1. The molecule has 0 unspecified atom stereocenters. The second-order valence-corrected chi connectivity index (χ2v) is 8.39. The van der Waals surface area contributed by atoms with Crippen LogP contribution in [-0.4, -0.2) is 60.0 Å². The zero-order valence-corrected chi connectivity index (χ0v) is 19.4. The van der Waals surface area contributed by atoms with E-state index < -0.39 is 0 Å². The molecule has 0 radical (unpaired) electrons. The Hall–Kier alpha value is -3.32. The van der Waals surface area contributed by atoms with Gasteiger partial charge in [-0.15, -0.1) is 0 Å². The zero-order chi connectivity index (χ0) is 23.4. The first-order valence-electron chi connectivity index (χ1n) is 11.9. The van der Waals surface area contributed by atoms with Gasteiger partial charge in [-0.05, 0) is 35.3 Å². The highest BCUT2D eigenvalue weighted by Crippen LogP contribution is 2.29. The van der Waals surface area contributed by atoms with Gasteiger partial charge in [0.2, 0.25) is 0 Å². The molecule has 2 aromatic carbocycles. The number of rotatable bonds is 10. The van der Waals surface area contributed by atoms with Crippen LogP contribution in [-0.2, 0) is 9.63 Å². The molecule has 1 aliphatic rings. The van der Waals surface area contributed by atoms with Crippen LogP contribution in [0.25, 0.3) is 6.08 Å². The summed E-state index contributed by atoms with van der Waals surface area (Å²) in [7, 11) is 0. The first-order valence-corrected chi connectivity index (χ1v) is 11.9. The average Bonchev–Trinajstić information content (AvgIpc) is 2.90. The highest BCUT2D eigenvalue weighted by molar-refractivity contribution is 5.90. The maximum Gasteiger partial charge on any atom is 0.267 e. The van der Waals surface area contributed by atoms with Crippen molar-refractivity contribution in [1.82, 2.24) is 20.3 Å². The standard InChI is InChI=1S/C28H32N4O2/c33-27(15-14-24-9-7-16-29-23-24)30-34-22-8-17-31-18-20-32(21-19-31)28(25-10-3-1-4-11-25)26-12-5-2-6-13-26/h1-7,9-16,23,28H,8,17-22H2,(H,30,33)/b15-14-. The summed E-state index contributed by atoms with van der Waals surface area (Å²) in [6, 6.07) is 25.5. The van der Waals surface area contributed by atoms with Gasteiger partial charge in [0.1, 0.15) is 0 Å². The SMILES string of the molecule is O=C(/C=C\c1cccnc1)NOCCCN1CCN(C(c2ccccc2)c2ccccc2)CC1. The van der Waals surface area contributed by atoms with E-state index in [1.165, 1.54) is 17.2 Å². The van der Waals surface area contributed by atoms with Gasteiger partial charge in [0.25, 0.3) is 5.91 Å². The van der Waals surface area contributed by atoms with Gasteiger partial charge in [0, 0.05) is 51.2 Å². The fourth-order valence-electron chi connectivity index (χ4n) is 4.29. The van der Waals surface area contributed by atoms with Crippen molar-refractivity contribution < 1.29 is 9.63 Å². The van der Waals surface area contributed by atoms with Crippen LogP contribution in [0.1, 0.15) is 29.2 Å². The summed E-state index contributed by atoms with van der Waals surface area (Å²) in [5.74, 6) is -0.273. The second-order valence-electron chi connectivity index (χ2n) is 8.39. The van der Waals surface area contributed by atoms with Crippen LogP contribution in [0.2, 0.25) is 0 Å². The topological polar surface area (TPSA) is 57.7 Å². The largest absolute Gasteiger partial charge is 0.301 e. The lowest BCUT2D eigenvalue weighted by Gasteiger charge is -2.39. The van der Waals surface area contributed by atoms with Gasteiger partial charge in [0.15, 0.2) is 0 Å². The molecule has 0 bridgehead atoms. The van der Waals surface area contributed by atoms with Gasteiger partial charge in [-0.3, -0.25) is 19.5 Å². The number of nitrogens with zero attached hydrogens (tertiary/aromatic N) is 3. The minimum atomic E-state index is -0.273. The number of amides is 1. The number of pyridine rings is 1. The van der Waals surface area contributed by atoms with Gasteiger partial charge < -0.3 is 4.90 Å². The summed E-state index contributed by atoms with van der Waals surface area (Å²) < 4.78 is 0. The van der Waals surface area contributed by atoms with Crippen molar-refractivity contribution in [3.63, 3.8) is 0 Å². The van der Waals surface area contributed by atoms with Crippen LogP contribution in [0.3, 0.4) is 0 Å². The van der Waals surface area contributed by atoms with Crippen LogP contribution >= 0.6 is 0 Å². The van der Waals surface area contributed by atoms with E-state index in [1.807, 2.05) is 12.1 Å². The molecule has 4 rings (SSSR count). The van der Waals surface area contributed by atoms with Gasteiger partial charge in [-0.1, -0.05) is 66.7 Å². The van der Waals surface area contributed by atoms with Crippen molar-refractivity contribution in [2.75, 3.05) is 39.3 Å². The predicted molar refractivity (Wildman–Crippen MR) is 135 cm³/mol. The molecule has 176 valence electrons. The molecule has 6 nitrogen and oxygen atoms in total. The Balaban J connectivity index is 1.18. The van der Waals surface area contributed by atoms with E-state index >= 15 is 0 Å². The summed E-state index contributed by atoms with van der Waals surface area (Å²) in [5, 5.41) is 0. The molecular formula is C28H32N4O2. The maximum atomic E-state index is 11.9. The number of hydrogen-bond acceptors (Lipinski definition) is 5. The monoisotopic (exact) mass is 456 g/mol. The molecule has 0 spiro atoms. The Morgan fingerprint density at radius 3 is 2.24 bits per heavy atom. The van der Waals surface area contributed by atoms with Crippen molar-refractivity contribution in [3.8, 4) is 0 Å². The lowest BCUT2D eigenvalue weighted by Crippen LogP contribution is -2.48. The number of nitrogens with one attached hydrogen (secondary N) is 1. The highest BCUT2D eigenvalue weighted by Gasteiger charge is 2.26. The van der Waals surface area contributed by atoms with Crippen LogP contribution in [0.4, 0.5) is 0 Å². The van der Waals surface area contributed by atoms with E-state index in [0.29, 0.717) is 6.61 Å². The van der Waals surface area contributed by atoms with Gasteiger partial charge >= 0.3 is 0 Å². The van der Waals surface area contributed by atoms with Crippen LogP contribution in [0.15, 0.2) is 91.3 Å². The predicted octanol–water partition coefficient (Wildman–Crippen LogP) is 3.94. The Kier molecular flexibility index (Phi) is 8.97. The molecule has 34 heavy (non-hydrogen) atoms. The third kappa shape index (κ3) is 7.09. The number of carbonyl (C=O) groups is 1. The number of piperazine rings is 1. The van der Waals surface area contributed by atoms with Crippen LogP contribution in [0.5, 0.6) is 0 Å². The lowest BCUT2D eigenvalue weighted by atomic mass is 9.96. The van der Waals surface area contributed by atoms with Crippen molar-refractivity contribution >= 4 is 12.0 Å². The average molecular weight is 457 g/mol. The molecule has 1 aliphatic heterocycles. The quantitative estimate of drug-likeness (QED) is 0.285. The fourth-order valence-corrected chi connectivity index (χ4v) is 4.29. The Labute approximate surface area is 201 Å². The molecule has 0 aliphatic carbocycles. The van der Waals surface area contributed by atoms with Crippen molar-refractivity contribution in [1.29, 1.82) is 0 Å². The molecule has 2 heterocycles. The number of carbonyl (C=O) groups excluding carboxylic acids is 1. The number of aromatic nitrogens is 1. The Bertz CT molecular complexity index is 981. The molecule has 0 atom stereocenters. The highest BCUT2D eigenvalue weighted by atomic mass is 16.6. The third-order valence-electron chi connectivity index (χ3n) is 6.01. The minimum absolute atomic E-state index is 0.273. The van der Waals surface area contributed by atoms with E-state index in [9.17, 15) is 4.79 Å². The minimum Gasteiger partial charge on any atom is -0.301 e. The molecule has 1 aromatic heterocycles. The van der Waals surface area contributed by atoms with E-state index in [2.05, 4.69) is 80.9 Å². The van der Waals surface area contributed by atoms with Gasteiger partial charge in [-0.2, -0.15) is 0 Å². The summed E-state index contributed by atoms with van der Waals surface area (Å²) in [6.07, 6.45) is 7.43. The van der Waals surface area contributed by atoms with Gasteiger partial charge in [-0.25, -0.2) is 5.48 Å². The van der Waals surface area contributed by atoms with Crippen LogP contribution in [0, 0.1) is 0 Å². The van der Waals surface area contributed by atoms with E-state index in [4.69, 9.17) is 4.84 Å². The third-order valence-corrected chi connectivity index (χ3v) is 6.01. The van der Waals surface area contributed by atoms with Crippen molar-refractivity contribution in [2.45, 2.75) is 12.5 Å². The summed E-state index contributed by atoms with van der Waals surface area (Å²) in [5.41, 5.74) is 6.02. The van der Waals surface area contributed by atoms with Crippen molar-refractivity contribution in [3.05, 3.63) is 108 Å². The zero-order valence-electron chi connectivity index (χ0n) is 19.4. The van der Waals surface area contributed by atoms with Crippen molar-refractivity contribution in [2.24, 2.45) is 0 Å². The summed E-state index contributed by atoms with van der Waals surface area (Å²) in [6.45, 7) is 5.53. The number of benzene rings is 2. The first kappa shape index (κ1) is 23.8. The summed E-state index contributed by atoms with van der Waals surface area (Å²) >= 11 is 0. The van der Waals surface area contributed by atoms with E-state index in [1.54, 1.807) is 18.5 Å². The van der Waals surface area contributed by atoms with Gasteiger partial charge in [0.05, 0.1) is 12.6 Å². The number of hydrogen-bond donors (Lipinski definition) is 1.